The van der Waals surface area contributed by atoms with Crippen LogP contribution in [0.25, 0.3) is 11.1 Å². The molecule has 0 amide bonds. The summed E-state index contributed by atoms with van der Waals surface area (Å²) in [5.74, 6) is 0. The van der Waals surface area contributed by atoms with Gasteiger partial charge in [-0.05, 0) is 41.7 Å². The van der Waals surface area contributed by atoms with E-state index in [4.69, 9.17) is 11.6 Å². The summed E-state index contributed by atoms with van der Waals surface area (Å²) in [7, 11) is 0. The van der Waals surface area contributed by atoms with E-state index < -0.39 is 0 Å². The maximum atomic E-state index is 6.11. The van der Waals surface area contributed by atoms with Gasteiger partial charge in [-0.1, -0.05) is 48.0 Å². The van der Waals surface area contributed by atoms with Gasteiger partial charge < -0.3 is 5.32 Å². The van der Waals surface area contributed by atoms with E-state index in [2.05, 4.69) is 41.7 Å². The molecule has 0 aliphatic heterocycles. The zero-order chi connectivity index (χ0) is 12.4. The Labute approximate surface area is 113 Å². The van der Waals surface area contributed by atoms with E-state index in [1.807, 2.05) is 12.1 Å². The van der Waals surface area contributed by atoms with Gasteiger partial charge in [0.2, 0.25) is 0 Å². The zero-order valence-corrected chi connectivity index (χ0v) is 11.0. The van der Waals surface area contributed by atoms with Crippen LogP contribution in [0.5, 0.6) is 0 Å². The Kier molecular flexibility index (Phi) is 3.35. The molecular weight excluding hydrogens is 242 g/mol. The van der Waals surface area contributed by atoms with E-state index in [0.717, 1.165) is 11.6 Å². The summed E-state index contributed by atoms with van der Waals surface area (Å²) in [6.07, 6.45) is 2.61. The fourth-order valence-electron chi connectivity index (χ4n) is 2.15. The Bertz CT molecular complexity index is 532. The van der Waals surface area contributed by atoms with Crippen molar-refractivity contribution in [2.75, 3.05) is 0 Å². The van der Waals surface area contributed by atoms with Gasteiger partial charge in [0.25, 0.3) is 0 Å². The summed E-state index contributed by atoms with van der Waals surface area (Å²) >= 11 is 6.11. The predicted octanol–water partition coefficient (Wildman–Crippen LogP) is 4.26. The average molecular weight is 258 g/mol. The first-order valence-corrected chi connectivity index (χ1v) is 6.78. The summed E-state index contributed by atoms with van der Waals surface area (Å²) in [6.45, 7) is 0.898. The average Bonchev–Trinajstić information content (AvgIpc) is 3.21. The van der Waals surface area contributed by atoms with E-state index in [0.29, 0.717) is 6.04 Å². The Morgan fingerprint density at radius 3 is 2.56 bits per heavy atom. The van der Waals surface area contributed by atoms with Gasteiger partial charge in [0.15, 0.2) is 0 Å². The second kappa shape index (κ2) is 5.13. The highest BCUT2D eigenvalue weighted by Crippen LogP contribution is 2.27. The Morgan fingerprint density at radius 1 is 1.06 bits per heavy atom. The van der Waals surface area contributed by atoms with Crippen LogP contribution in [0.4, 0.5) is 0 Å². The minimum absolute atomic E-state index is 0.715. The molecule has 1 nitrogen and oxygen atoms in total. The molecular formula is C16H16ClN. The lowest BCUT2D eigenvalue weighted by Crippen LogP contribution is -2.15. The molecule has 0 unspecified atom stereocenters. The van der Waals surface area contributed by atoms with Crippen molar-refractivity contribution in [2.24, 2.45) is 0 Å². The standard InChI is InChI=1S/C16H16ClN/c17-14-6-9-16(12-4-2-1-3-5-12)13(10-14)11-18-15-7-8-15/h1-6,9-10,15,18H,7-8,11H2. The first-order chi connectivity index (χ1) is 8.83. The second-order valence-corrected chi connectivity index (χ2v) is 5.26. The maximum Gasteiger partial charge on any atom is 0.0409 e. The maximum absolute atomic E-state index is 6.11. The molecule has 0 radical (unpaired) electrons. The molecule has 92 valence electrons. The van der Waals surface area contributed by atoms with Crippen molar-refractivity contribution in [3.05, 3.63) is 59.1 Å². The Balaban J connectivity index is 1.91. The lowest BCUT2D eigenvalue weighted by Gasteiger charge is -2.11. The van der Waals surface area contributed by atoms with Gasteiger partial charge in [-0.3, -0.25) is 0 Å². The number of benzene rings is 2. The summed E-state index contributed by atoms with van der Waals surface area (Å²) in [5.41, 5.74) is 3.80. The van der Waals surface area contributed by atoms with Crippen molar-refractivity contribution in [3.8, 4) is 11.1 Å². The molecule has 1 aliphatic carbocycles. The van der Waals surface area contributed by atoms with Crippen molar-refractivity contribution in [3.63, 3.8) is 0 Å². The normalized spacial score (nSPS) is 14.7. The lowest BCUT2D eigenvalue weighted by molar-refractivity contribution is 0.689. The van der Waals surface area contributed by atoms with Gasteiger partial charge in [0, 0.05) is 17.6 Å². The Morgan fingerprint density at radius 2 is 1.83 bits per heavy atom. The molecule has 3 rings (SSSR count). The van der Waals surface area contributed by atoms with Crippen LogP contribution < -0.4 is 5.32 Å². The van der Waals surface area contributed by atoms with Crippen LogP contribution in [0.15, 0.2) is 48.5 Å². The van der Waals surface area contributed by atoms with Crippen LogP contribution in [-0.2, 0) is 6.54 Å². The Hall–Kier alpha value is -1.31. The molecule has 0 spiro atoms. The van der Waals surface area contributed by atoms with E-state index >= 15 is 0 Å². The number of hydrogen-bond donors (Lipinski definition) is 1. The SMILES string of the molecule is Clc1ccc(-c2ccccc2)c(CNC2CC2)c1. The molecule has 1 fully saturated rings. The summed E-state index contributed by atoms with van der Waals surface area (Å²) in [6, 6.07) is 17.3. The van der Waals surface area contributed by atoms with Crippen LogP contribution in [0.1, 0.15) is 18.4 Å². The van der Waals surface area contributed by atoms with Crippen molar-refractivity contribution >= 4 is 11.6 Å². The molecule has 1 N–H and O–H groups in total. The quantitative estimate of drug-likeness (QED) is 0.863. The molecule has 0 aromatic heterocycles. The first kappa shape index (κ1) is 11.8. The minimum Gasteiger partial charge on any atom is -0.310 e. The zero-order valence-electron chi connectivity index (χ0n) is 10.2. The molecule has 0 saturated heterocycles. The van der Waals surface area contributed by atoms with Crippen LogP contribution >= 0.6 is 11.6 Å². The predicted molar refractivity (Wildman–Crippen MR) is 76.7 cm³/mol. The molecule has 1 aliphatic rings. The number of rotatable bonds is 4. The highest BCUT2D eigenvalue weighted by Gasteiger charge is 2.20. The van der Waals surface area contributed by atoms with Gasteiger partial charge >= 0.3 is 0 Å². The third kappa shape index (κ3) is 2.74. The summed E-state index contributed by atoms with van der Waals surface area (Å²) in [5, 5.41) is 4.36. The molecule has 0 atom stereocenters. The van der Waals surface area contributed by atoms with Gasteiger partial charge in [0.1, 0.15) is 0 Å². The van der Waals surface area contributed by atoms with Gasteiger partial charge in [-0.25, -0.2) is 0 Å². The number of hydrogen-bond acceptors (Lipinski definition) is 1. The topological polar surface area (TPSA) is 12.0 Å². The molecule has 2 aromatic carbocycles. The van der Waals surface area contributed by atoms with Crippen molar-refractivity contribution in [1.29, 1.82) is 0 Å². The number of halogens is 1. The van der Waals surface area contributed by atoms with Crippen molar-refractivity contribution < 1.29 is 0 Å². The monoisotopic (exact) mass is 257 g/mol. The second-order valence-electron chi connectivity index (χ2n) is 4.82. The highest BCUT2D eigenvalue weighted by atomic mass is 35.5. The molecule has 0 heterocycles. The van der Waals surface area contributed by atoms with Crippen molar-refractivity contribution in [2.45, 2.75) is 25.4 Å². The highest BCUT2D eigenvalue weighted by molar-refractivity contribution is 6.30. The molecule has 2 heteroatoms. The van der Waals surface area contributed by atoms with E-state index in [1.54, 1.807) is 0 Å². The van der Waals surface area contributed by atoms with Gasteiger partial charge in [-0.15, -0.1) is 0 Å². The van der Waals surface area contributed by atoms with Gasteiger partial charge in [-0.2, -0.15) is 0 Å². The fraction of sp³-hybridized carbons (Fsp3) is 0.250. The first-order valence-electron chi connectivity index (χ1n) is 6.40. The molecule has 0 bridgehead atoms. The van der Waals surface area contributed by atoms with Crippen LogP contribution in [0, 0.1) is 0 Å². The van der Waals surface area contributed by atoms with Gasteiger partial charge in [0.05, 0.1) is 0 Å². The van der Waals surface area contributed by atoms with E-state index in [1.165, 1.54) is 29.5 Å². The minimum atomic E-state index is 0.715. The van der Waals surface area contributed by atoms with E-state index in [9.17, 15) is 0 Å². The van der Waals surface area contributed by atoms with E-state index in [-0.39, 0.29) is 0 Å². The summed E-state index contributed by atoms with van der Waals surface area (Å²) in [4.78, 5) is 0. The largest absolute Gasteiger partial charge is 0.310 e. The van der Waals surface area contributed by atoms with Crippen molar-refractivity contribution in [1.82, 2.24) is 5.32 Å². The van der Waals surface area contributed by atoms with Crippen LogP contribution in [0.2, 0.25) is 5.02 Å². The fourth-order valence-corrected chi connectivity index (χ4v) is 2.34. The van der Waals surface area contributed by atoms with Crippen LogP contribution in [0.3, 0.4) is 0 Å². The third-order valence-electron chi connectivity index (χ3n) is 3.31. The molecule has 18 heavy (non-hydrogen) atoms. The smallest absolute Gasteiger partial charge is 0.0409 e. The number of nitrogens with one attached hydrogen (secondary N) is 1. The molecule has 1 saturated carbocycles. The van der Waals surface area contributed by atoms with Crippen LogP contribution in [-0.4, -0.2) is 6.04 Å². The third-order valence-corrected chi connectivity index (χ3v) is 3.55. The summed E-state index contributed by atoms with van der Waals surface area (Å²) < 4.78 is 0. The molecule has 2 aromatic rings. The lowest BCUT2D eigenvalue weighted by atomic mass is 10.00.